The average molecular weight is 485 g/mol. The van der Waals surface area contributed by atoms with Crippen LogP contribution in [0, 0.1) is 13.8 Å². The molecule has 0 unspecified atom stereocenters. The minimum absolute atomic E-state index is 0.0270. The van der Waals surface area contributed by atoms with Crippen molar-refractivity contribution < 1.29 is 0 Å². The van der Waals surface area contributed by atoms with E-state index in [1.807, 2.05) is 6.07 Å². The zero-order valence-corrected chi connectivity index (χ0v) is 21.6. The van der Waals surface area contributed by atoms with E-state index >= 15 is 0 Å². The third-order valence-electron chi connectivity index (χ3n) is 7.75. The van der Waals surface area contributed by atoms with Crippen molar-refractivity contribution in [3.8, 4) is 0 Å². The molecule has 0 radical (unpaired) electrons. The second kappa shape index (κ2) is 10.7. The van der Waals surface area contributed by atoms with Crippen LogP contribution in [0.1, 0.15) is 79.2 Å². The molecule has 0 saturated heterocycles. The number of benzene rings is 2. The third kappa shape index (κ3) is 5.12. The summed E-state index contributed by atoms with van der Waals surface area (Å²) >= 11 is 0. The smallest absolute Gasteiger partial charge is 0.252 e. The predicted molar refractivity (Wildman–Crippen MR) is 143 cm³/mol. The summed E-state index contributed by atoms with van der Waals surface area (Å²) in [6, 6.07) is 17.2. The lowest BCUT2D eigenvalue weighted by atomic mass is 10.0. The van der Waals surface area contributed by atoms with Gasteiger partial charge in [-0.25, -0.2) is 4.68 Å². The Hall–Kier alpha value is -3.32. The second-order valence-electron chi connectivity index (χ2n) is 10.2. The van der Waals surface area contributed by atoms with Crippen LogP contribution in [0.4, 0.5) is 0 Å². The summed E-state index contributed by atoms with van der Waals surface area (Å²) in [4.78, 5) is 18.7. The van der Waals surface area contributed by atoms with Crippen LogP contribution >= 0.6 is 0 Å². The van der Waals surface area contributed by atoms with Gasteiger partial charge in [-0.15, -0.1) is 5.10 Å². The van der Waals surface area contributed by atoms with Crippen LogP contribution in [0.3, 0.4) is 0 Å². The number of hydrogen-bond acceptors (Lipinski definition) is 5. The SMILES string of the molecule is CC[C@H](c1nnnn1C1CCCC1)N(CCc1ccccc1)Cc1cc2cc(C)c(C)cc2[nH]c1=O. The Balaban J connectivity index is 1.50. The van der Waals surface area contributed by atoms with Gasteiger partial charge in [-0.05, 0) is 90.2 Å². The van der Waals surface area contributed by atoms with Gasteiger partial charge in [0.15, 0.2) is 5.82 Å². The number of nitrogens with zero attached hydrogens (tertiary/aromatic N) is 5. The van der Waals surface area contributed by atoms with Crippen molar-refractivity contribution in [2.24, 2.45) is 0 Å². The molecule has 4 aromatic rings. The number of rotatable bonds is 9. The van der Waals surface area contributed by atoms with E-state index < -0.39 is 0 Å². The van der Waals surface area contributed by atoms with Gasteiger partial charge in [0.1, 0.15) is 0 Å². The summed E-state index contributed by atoms with van der Waals surface area (Å²) in [7, 11) is 0. The molecular weight excluding hydrogens is 448 g/mol. The molecule has 1 fully saturated rings. The number of H-pyrrole nitrogens is 1. The molecule has 2 heterocycles. The second-order valence-corrected chi connectivity index (χ2v) is 10.2. The number of tetrazole rings is 1. The molecule has 0 amide bonds. The molecule has 0 spiro atoms. The first-order valence-corrected chi connectivity index (χ1v) is 13.2. The number of aryl methyl sites for hydroxylation is 2. The summed E-state index contributed by atoms with van der Waals surface area (Å²) in [5.41, 5.74) is 5.33. The standard InChI is InChI=1S/C29H36N6O/c1-4-27(28-31-32-33-35(28)25-12-8-9-13-25)34(15-14-22-10-6-5-7-11-22)19-24-18-23-16-20(2)21(3)17-26(23)30-29(24)36/h5-7,10-11,16-18,25,27H,4,8-9,12-15,19H2,1-3H3,(H,30,36)/t27-/m1/s1. The molecule has 2 aromatic carbocycles. The zero-order chi connectivity index (χ0) is 25.1. The van der Waals surface area contributed by atoms with E-state index in [1.54, 1.807) is 0 Å². The lowest BCUT2D eigenvalue weighted by Crippen LogP contribution is -2.34. The number of hydrogen-bond donors (Lipinski definition) is 1. The van der Waals surface area contributed by atoms with Gasteiger partial charge in [0.2, 0.25) is 0 Å². The van der Waals surface area contributed by atoms with E-state index in [9.17, 15) is 4.79 Å². The maximum atomic E-state index is 13.2. The molecule has 1 aliphatic carbocycles. The lowest BCUT2D eigenvalue weighted by molar-refractivity contribution is 0.169. The topological polar surface area (TPSA) is 79.7 Å². The lowest BCUT2D eigenvalue weighted by Gasteiger charge is -2.31. The molecule has 7 nitrogen and oxygen atoms in total. The van der Waals surface area contributed by atoms with Crippen LogP contribution in [-0.4, -0.2) is 36.6 Å². The fraction of sp³-hybridized carbons (Fsp3) is 0.448. The first-order chi connectivity index (χ1) is 17.5. The van der Waals surface area contributed by atoms with Crippen LogP contribution in [0.25, 0.3) is 10.9 Å². The molecule has 0 bridgehead atoms. The number of aromatic nitrogens is 5. The fourth-order valence-corrected chi connectivity index (χ4v) is 5.55. The first-order valence-electron chi connectivity index (χ1n) is 13.2. The highest BCUT2D eigenvalue weighted by Crippen LogP contribution is 2.33. The molecule has 7 heteroatoms. The maximum absolute atomic E-state index is 13.2. The Bertz CT molecular complexity index is 1370. The van der Waals surface area contributed by atoms with Crippen molar-refractivity contribution in [3.05, 3.63) is 87.0 Å². The Labute approximate surface area is 212 Å². The zero-order valence-electron chi connectivity index (χ0n) is 21.6. The molecule has 36 heavy (non-hydrogen) atoms. The van der Waals surface area contributed by atoms with Crippen molar-refractivity contribution in [1.29, 1.82) is 0 Å². The van der Waals surface area contributed by atoms with E-state index in [-0.39, 0.29) is 11.6 Å². The summed E-state index contributed by atoms with van der Waals surface area (Å²) in [6.07, 6.45) is 6.47. The Morgan fingerprint density at radius 3 is 2.58 bits per heavy atom. The molecule has 1 N–H and O–H groups in total. The molecule has 1 aliphatic rings. The normalized spacial score (nSPS) is 15.2. The van der Waals surface area contributed by atoms with Crippen LogP contribution < -0.4 is 5.56 Å². The molecule has 1 saturated carbocycles. The largest absolute Gasteiger partial charge is 0.322 e. The molecule has 5 rings (SSSR count). The van der Waals surface area contributed by atoms with Crippen LogP contribution in [0.15, 0.2) is 53.3 Å². The Morgan fingerprint density at radius 2 is 1.83 bits per heavy atom. The molecule has 0 aliphatic heterocycles. The van der Waals surface area contributed by atoms with Gasteiger partial charge in [0.25, 0.3) is 5.56 Å². The van der Waals surface area contributed by atoms with Crippen molar-refractivity contribution in [2.45, 2.75) is 77.9 Å². The van der Waals surface area contributed by atoms with Gasteiger partial charge >= 0.3 is 0 Å². The van der Waals surface area contributed by atoms with Gasteiger partial charge in [-0.3, -0.25) is 9.69 Å². The number of aromatic amines is 1. The summed E-state index contributed by atoms with van der Waals surface area (Å²) in [6.45, 7) is 7.73. The van der Waals surface area contributed by atoms with E-state index in [2.05, 4.69) is 93.3 Å². The van der Waals surface area contributed by atoms with Gasteiger partial charge in [-0.2, -0.15) is 0 Å². The van der Waals surface area contributed by atoms with E-state index in [4.69, 9.17) is 0 Å². The summed E-state index contributed by atoms with van der Waals surface area (Å²) in [5.74, 6) is 0.918. The van der Waals surface area contributed by atoms with Crippen LogP contribution in [0.5, 0.6) is 0 Å². The van der Waals surface area contributed by atoms with Gasteiger partial charge in [0.05, 0.1) is 12.1 Å². The van der Waals surface area contributed by atoms with Crippen molar-refractivity contribution in [3.63, 3.8) is 0 Å². The van der Waals surface area contributed by atoms with Crippen molar-refractivity contribution >= 4 is 10.9 Å². The monoisotopic (exact) mass is 484 g/mol. The maximum Gasteiger partial charge on any atom is 0.252 e. The minimum Gasteiger partial charge on any atom is -0.322 e. The molecule has 2 aromatic heterocycles. The van der Waals surface area contributed by atoms with E-state index in [0.717, 1.165) is 54.5 Å². The first kappa shape index (κ1) is 24.4. The Morgan fingerprint density at radius 1 is 1.08 bits per heavy atom. The minimum atomic E-state index is -0.0271. The summed E-state index contributed by atoms with van der Waals surface area (Å²) in [5, 5.41) is 14.1. The fourth-order valence-electron chi connectivity index (χ4n) is 5.55. The molecular formula is C29H36N6O. The summed E-state index contributed by atoms with van der Waals surface area (Å²) < 4.78 is 2.06. The Kier molecular flexibility index (Phi) is 7.28. The highest BCUT2D eigenvalue weighted by molar-refractivity contribution is 5.80. The molecule has 1 atom stereocenters. The van der Waals surface area contributed by atoms with E-state index in [0.29, 0.717) is 12.6 Å². The number of fused-ring (bicyclic) bond motifs is 1. The van der Waals surface area contributed by atoms with Crippen LogP contribution in [-0.2, 0) is 13.0 Å². The van der Waals surface area contributed by atoms with E-state index in [1.165, 1.54) is 29.5 Å². The highest BCUT2D eigenvalue weighted by atomic mass is 16.1. The number of pyridine rings is 1. The highest BCUT2D eigenvalue weighted by Gasteiger charge is 2.29. The molecule has 188 valence electrons. The van der Waals surface area contributed by atoms with Crippen molar-refractivity contribution in [1.82, 2.24) is 30.1 Å². The third-order valence-corrected chi connectivity index (χ3v) is 7.75. The number of nitrogens with one attached hydrogen (secondary N) is 1. The predicted octanol–water partition coefficient (Wildman–Crippen LogP) is 5.44. The quantitative estimate of drug-likeness (QED) is 0.342. The van der Waals surface area contributed by atoms with Crippen LogP contribution in [0.2, 0.25) is 0 Å². The van der Waals surface area contributed by atoms with Gasteiger partial charge in [0, 0.05) is 24.2 Å². The average Bonchev–Trinajstić information content (AvgIpc) is 3.57. The van der Waals surface area contributed by atoms with Gasteiger partial charge in [-0.1, -0.05) is 50.1 Å². The van der Waals surface area contributed by atoms with Crippen molar-refractivity contribution in [2.75, 3.05) is 6.54 Å². The van der Waals surface area contributed by atoms with Gasteiger partial charge < -0.3 is 4.98 Å².